The van der Waals surface area contributed by atoms with Gasteiger partial charge in [0.25, 0.3) is 5.56 Å². The molecular formula is C24H21NOS. The normalized spacial score (nSPS) is 11.0. The molecule has 3 aromatic carbocycles. The van der Waals surface area contributed by atoms with Crippen LogP contribution in [0.4, 0.5) is 0 Å². The predicted molar refractivity (Wildman–Crippen MR) is 116 cm³/mol. The Kier molecular flexibility index (Phi) is 4.87. The topological polar surface area (TPSA) is 22.0 Å². The summed E-state index contributed by atoms with van der Waals surface area (Å²) in [5.74, 6) is 0. The Morgan fingerprint density at radius 3 is 2.41 bits per heavy atom. The van der Waals surface area contributed by atoms with Crippen LogP contribution in [-0.2, 0) is 6.42 Å². The van der Waals surface area contributed by atoms with Crippen LogP contribution in [0.3, 0.4) is 0 Å². The van der Waals surface area contributed by atoms with Crippen LogP contribution < -0.4 is 5.56 Å². The third kappa shape index (κ3) is 3.19. The smallest absolute Gasteiger partial charge is 0.263 e. The van der Waals surface area contributed by atoms with Gasteiger partial charge in [-0.2, -0.15) is 0 Å². The Bertz CT molecular complexity index is 1160. The molecule has 0 atom stereocenters. The molecule has 1 heterocycles. The molecule has 0 aliphatic heterocycles. The van der Waals surface area contributed by atoms with Crippen LogP contribution in [-0.4, -0.2) is 10.8 Å². The fraction of sp³-hybridized carbons (Fsp3) is 0.125. The lowest BCUT2D eigenvalue weighted by Crippen LogP contribution is -2.22. The third-order valence-electron chi connectivity index (χ3n) is 4.88. The average molecular weight is 372 g/mol. The van der Waals surface area contributed by atoms with Crippen LogP contribution in [0.2, 0.25) is 0 Å². The molecule has 0 bridgehead atoms. The lowest BCUT2D eigenvalue weighted by molar-refractivity contribution is 0.889. The van der Waals surface area contributed by atoms with Gasteiger partial charge in [-0.1, -0.05) is 55.5 Å². The highest BCUT2D eigenvalue weighted by molar-refractivity contribution is 7.98. The number of thioether (sulfide) groups is 1. The molecule has 0 radical (unpaired) electrons. The first-order valence-corrected chi connectivity index (χ1v) is 10.3. The molecule has 0 saturated heterocycles. The Labute approximate surface area is 163 Å². The van der Waals surface area contributed by atoms with Gasteiger partial charge in [-0.15, -0.1) is 11.8 Å². The van der Waals surface area contributed by atoms with Crippen LogP contribution in [0.25, 0.3) is 27.6 Å². The maximum absolute atomic E-state index is 13.6. The monoisotopic (exact) mass is 371 g/mol. The molecule has 0 unspecified atom stereocenters. The summed E-state index contributed by atoms with van der Waals surface area (Å²) in [6.07, 6.45) is 2.87. The van der Waals surface area contributed by atoms with Gasteiger partial charge in [-0.3, -0.25) is 9.36 Å². The summed E-state index contributed by atoms with van der Waals surface area (Å²) >= 11 is 1.71. The summed E-state index contributed by atoms with van der Waals surface area (Å²) in [6, 6.07) is 26.5. The van der Waals surface area contributed by atoms with Crippen molar-refractivity contribution in [1.29, 1.82) is 0 Å². The summed E-state index contributed by atoms with van der Waals surface area (Å²) < 4.78 is 1.85. The summed E-state index contributed by atoms with van der Waals surface area (Å²) in [4.78, 5) is 14.8. The molecule has 4 aromatic rings. The van der Waals surface area contributed by atoms with E-state index in [-0.39, 0.29) is 5.56 Å². The van der Waals surface area contributed by atoms with E-state index in [2.05, 4.69) is 43.5 Å². The van der Waals surface area contributed by atoms with Crippen LogP contribution in [0.15, 0.2) is 88.6 Å². The predicted octanol–water partition coefficient (Wildman–Crippen LogP) is 5.94. The fourth-order valence-electron chi connectivity index (χ4n) is 3.57. The number of benzene rings is 3. The van der Waals surface area contributed by atoms with Gasteiger partial charge in [0.05, 0.1) is 5.39 Å². The number of pyridine rings is 1. The number of nitrogens with zero attached hydrogens (tertiary/aromatic N) is 1. The fourth-order valence-corrected chi connectivity index (χ4v) is 4.03. The van der Waals surface area contributed by atoms with Crippen molar-refractivity contribution >= 4 is 22.5 Å². The molecule has 3 heteroatoms. The molecule has 4 rings (SSSR count). The molecule has 0 fully saturated rings. The second-order valence-electron chi connectivity index (χ2n) is 6.47. The van der Waals surface area contributed by atoms with Gasteiger partial charge in [-0.05, 0) is 59.5 Å². The van der Waals surface area contributed by atoms with E-state index in [0.29, 0.717) is 0 Å². The van der Waals surface area contributed by atoms with Crippen molar-refractivity contribution in [2.75, 3.05) is 6.26 Å². The summed E-state index contributed by atoms with van der Waals surface area (Å²) in [6.45, 7) is 2.09. The molecule has 0 N–H and O–H groups in total. The lowest BCUT2D eigenvalue weighted by atomic mass is 9.98. The van der Waals surface area contributed by atoms with E-state index in [0.717, 1.165) is 39.7 Å². The SMILES string of the molecule is CCc1cc2cccc(-c3cccc(SC)c3)c2c(=O)n1-c1ccccc1. The zero-order valence-corrected chi connectivity index (χ0v) is 16.3. The molecule has 0 saturated carbocycles. The van der Waals surface area contributed by atoms with Crippen LogP contribution in [0.1, 0.15) is 12.6 Å². The zero-order chi connectivity index (χ0) is 18.8. The number of hydrogen-bond donors (Lipinski definition) is 0. The maximum atomic E-state index is 13.6. The van der Waals surface area contributed by atoms with Crippen molar-refractivity contribution in [1.82, 2.24) is 4.57 Å². The second kappa shape index (κ2) is 7.45. The van der Waals surface area contributed by atoms with Crippen molar-refractivity contribution in [2.24, 2.45) is 0 Å². The van der Waals surface area contributed by atoms with Crippen molar-refractivity contribution in [3.8, 4) is 16.8 Å². The molecule has 0 spiro atoms. The van der Waals surface area contributed by atoms with Crippen molar-refractivity contribution in [3.63, 3.8) is 0 Å². The van der Waals surface area contributed by atoms with Crippen LogP contribution >= 0.6 is 11.8 Å². The summed E-state index contributed by atoms with van der Waals surface area (Å²) in [5, 5.41) is 1.77. The van der Waals surface area contributed by atoms with E-state index in [9.17, 15) is 4.79 Å². The highest BCUT2D eigenvalue weighted by Crippen LogP contribution is 2.30. The first-order valence-electron chi connectivity index (χ1n) is 9.10. The Morgan fingerprint density at radius 1 is 0.889 bits per heavy atom. The molecule has 0 amide bonds. The van der Waals surface area contributed by atoms with E-state index in [1.165, 1.54) is 4.90 Å². The maximum Gasteiger partial charge on any atom is 0.263 e. The molecule has 0 aliphatic rings. The van der Waals surface area contributed by atoms with Crippen molar-refractivity contribution < 1.29 is 0 Å². The first-order chi connectivity index (χ1) is 13.2. The van der Waals surface area contributed by atoms with Gasteiger partial charge in [0.15, 0.2) is 0 Å². The van der Waals surface area contributed by atoms with E-state index >= 15 is 0 Å². The van der Waals surface area contributed by atoms with E-state index < -0.39 is 0 Å². The minimum absolute atomic E-state index is 0.0423. The van der Waals surface area contributed by atoms with Crippen molar-refractivity contribution in [3.05, 3.63) is 94.9 Å². The minimum Gasteiger partial charge on any atom is -0.281 e. The van der Waals surface area contributed by atoms with E-state index in [1.54, 1.807) is 11.8 Å². The summed E-state index contributed by atoms with van der Waals surface area (Å²) in [7, 11) is 0. The average Bonchev–Trinajstić information content (AvgIpc) is 2.73. The van der Waals surface area contributed by atoms with Gasteiger partial charge in [0.2, 0.25) is 0 Å². The van der Waals surface area contributed by atoms with E-state index in [4.69, 9.17) is 0 Å². The van der Waals surface area contributed by atoms with E-state index in [1.807, 2.05) is 53.1 Å². The molecule has 1 aromatic heterocycles. The number of aryl methyl sites for hydroxylation is 1. The van der Waals surface area contributed by atoms with Gasteiger partial charge >= 0.3 is 0 Å². The highest BCUT2D eigenvalue weighted by Gasteiger charge is 2.14. The lowest BCUT2D eigenvalue weighted by Gasteiger charge is -2.15. The Hall–Kier alpha value is -2.78. The number of rotatable bonds is 4. The molecule has 134 valence electrons. The quantitative estimate of drug-likeness (QED) is 0.414. The number of para-hydroxylation sites is 1. The second-order valence-corrected chi connectivity index (χ2v) is 7.35. The van der Waals surface area contributed by atoms with Crippen LogP contribution in [0.5, 0.6) is 0 Å². The minimum atomic E-state index is 0.0423. The van der Waals surface area contributed by atoms with Gasteiger partial charge in [0, 0.05) is 16.3 Å². The van der Waals surface area contributed by atoms with Gasteiger partial charge in [-0.25, -0.2) is 0 Å². The van der Waals surface area contributed by atoms with Gasteiger partial charge < -0.3 is 0 Å². The largest absolute Gasteiger partial charge is 0.281 e. The number of aromatic nitrogens is 1. The Morgan fingerprint density at radius 2 is 1.67 bits per heavy atom. The Balaban J connectivity index is 2.07. The van der Waals surface area contributed by atoms with Crippen LogP contribution in [0, 0.1) is 0 Å². The molecule has 0 aliphatic carbocycles. The zero-order valence-electron chi connectivity index (χ0n) is 15.5. The highest BCUT2D eigenvalue weighted by atomic mass is 32.2. The van der Waals surface area contributed by atoms with Gasteiger partial charge in [0.1, 0.15) is 0 Å². The third-order valence-corrected chi connectivity index (χ3v) is 5.61. The van der Waals surface area contributed by atoms with Crippen molar-refractivity contribution in [2.45, 2.75) is 18.2 Å². The number of hydrogen-bond acceptors (Lipinski definition) is 2. The molecule has 2 nitrogen and oxygen atoms in total. The standard InChI is InChI=1S/C24H21NOS/c1-3-19-15-18-10-8-14-22(17-9-7-13-21(16-17)27-2)23(18)24(26)25(19)20-11-5-4-6-12-20/h4-16H,3H2,1-2H3. The number of fused-ring (bicyclic) bond motifs is 1. The summed E-state index contributed by atoms with van der Waals surface area (Å²) in [5.41, 5.74) is 4.04. The molecule has 27 heavy (non-hydrogen) atoms. The first kappa shape index (κ1) is 17.6. The molecular weight excluding hydrogens is 350 g/mol.